The lowest BCUT2D eigenvalue weighted by Gasteiger charge is -2.06. The highest BCUT2D eigenvalue weighted by Crippen LogP contribution is 2.05. The second-order valence-corrected chi connectivity index (χ2v) is 4.08. The van der Waals surface area contributed by atoms with E-state index in [-0.39, 0.29) is 6.10 Å². The quantitative estimate of drug-likeness (QED) is 0.625. The Morgan fingerprint density at radius 3 is 3.00 bits per heavy atom. The third kappa shape index (κ3) is 4.69. The maximum Gasteiger partial charge on any atom is 0.106 e. The largest absolute Gasteiger partial charge is 0.393 e. The van der Waals surface area contributed by atoms with Crippen molar-refractivity contribution < 1.29 is 5.11 Å². The van der Waals surface area contributed by atoms with Gasteiger partial charge in [-0.1, -0.05) is 6.07 Å². The predicted octanol–water partition coefficient (Wildman–Crippen LogP) is 1.70. The van der Waals surface area contributed by atoms with Gasteiger partial charge in [0, 0.05) is 6.54 Å². The Kier molecular flexibility index (Phi) is 5.07. The van der Waals surface area contributed by atoms with Crippen molar-refractivity contribution in [2.75, 3.05) is 6.54 Å². The van der Waals surface area contributed by atoms with Crippen LogP contribution in [0.2, 0.25) is 0 Å². The van der Waals surface area contributed by atoms with Gasteiger partial charge in [0.05, 0.1) is 11.8 Å². The molecule has 1 aromatic rings. The molecular weight excluding hydrogens is 244 g/mol. The van der Waals surface area contributed by atoms with Crippen LogP contribution >= 0.6 is 15.9 Å². The number of hydrogen-bond acceptors (Lipinski definition) is 3. The minimum atomic E-state index is -0.238. The molecule has 0 fully saturated rings. The van der Waals surface area contributed by atoms with Crippen molar-refractivity contribution in [2.24, 2.45) is 0 Å². The van der Waals surface area contributed by atoms with E-state index in [4.69, 9.17) is 5.11 Å². The zero-order chi connectivity index (χ0) is 10.4. The normalized spacial score (nSPS) is 12.8. The molecule has 78 valence electrons. The highest BCUT2D eigenvalue weighted by Gasteiger charge is 1.97. The summed E-state index contributed by atoms with van der Waals surface area (Å²) in [6, 6.07) is 5.84. The standard InChI is InChI=1S/C10H15BrN2O/c1-8(14)5-6-12-7-9-3-2-4-10(11)13-9/h2-4,8,12,14H,5-7H2,1H3. The van der Waals surface area contributed by atoms with Crippen LogP contribution in [0.1, 0.15) is 19.0 Å². The van der Waals surface area contributed by atoms with E-state index >= 15 is 0 Å². The number of pyridine rings is 1. The van der Waals surface area contributed by atoms with E-state index in [0.717, 1.165) is 29.8 Å². The molecular formula is C10H15BrN2O. The number of nitrogens with zero attached hydrogens (tertiary/aromatic N) is 1. The van der Waals surface area contributed by atoms with Crippen molar-refractivity contribution in [3.63, 3.8) is 0 Å². The molecule has 0 saturated carbocycles. The van der Waals surface area contributed by atoms with Crippen molar-refractivity contribution in [3.8, 4) is 0 Å². The third-order valence-corrected chi connectivity index (χ3v) is 2.26. The number of hydrogen-bond donors (Lipinski definition) is 2. The molecule has 0 aliphatic rings. The monoisotopic (exact) mass is 258 g/mol. The van der Waals surface area contributed by atoms with Gasteiger partial charge in [0.15, 0.2) is 0 Å². The summed E-state index contributed by atoms with van der Waals surface area (Å²) in [5.74, 6) is 0. The summed E-state index contributed by atoms with van der Waals surface area (Å²) in [4.78, 5) is 4.28. The molecule has 0 spiro atoms. The summed E-state index contributed by atoms with van der Waals surface area (Å²) >= 11 is 3.32. The highest BCUT2D eigenvalue weighted by atomic mass is 79.9. The minimum Gasteiger partial charge on any atom is -0.393 e. The van der Waals surface area contributed by atoms with Crippen LogP contribution in [-0.2, 0) is 6.54 Å². The van der Waals surface area contributed by atoms with Crippen molar-refractivity contribution in [3.05, 3.63) is 28.5 Å². The third-order valence-electron chi connectivity index (χ3n) is 1.82. The lowest BCUT2D eigenvalue weighted by molar-refractivity contribution is 0.183. The molecule has 1 heterocycles. The first-order chi connectivity index (χ1) is 6.68. The molecule has 0 radical (unpaired) electrons. The number of rotatable bonds is 5. The smallest absolute Gasteiger partial charge is 0.106 e. The van der Waals surface area contributed by atoms with E-state index < -0.39 is 0 Å². The predicted molar refractivity (Wildman–Crippen MR) is 59.9 cm³/mol. The van der Waals surface area contributed by atoms with Gasteiger partial charge < -0.3 is 10.4 Å². The average Bonchev–Trinajstić information content (AvgIpc) is 2.12. The van der Waals surface area contributed by atoms with Gasteiger partial charge in [-0.15, -0.1) is 0 Å². The van der Waals surface area contributed by atoms with Gasteiger partial charge in [-0.2, -0.15) is 0 Å². The van der Waals surface area contributed by atoms with Gasteiger partial charge in [0.2, 0.25) is 0 Å². The molecule has 3 nitrogen and oxygen atoms in total. The molecule has 0 aliphatic carbocycles. The van der Waals surface area contributed by atoms with Crippen LogP contribution in [0.5, 0.6) is 0 Å². The molecule has 1 rings (SSSR count). The van der Waals surface area contributed by atoms with E-state index in [1.54, 1.807) is 6.92 Å². The molecule has 1 aromatic heterocycles. The lowest BCUT2D eigenvalue weighted by atomic mass is 10.3. The Morgan fingerprint density at radius 2 is 2.36 bits per heavy atom. The summed E-state index contributed by atoms with van der Waals surface area (Å²) < 4.78 is 0.854. The molecule has 0 bridgehead atoms. The fraction of sp³-hybridized carbons (Fsp3) is 0.500. The average molecular weight is 259 g/mol. The second-order valence-electron chi connectivity index (χ2n) is 3.27. The van der Waals surface area contributed by atoms with Crippen LogP contribution in [0.3, 0.4) is 0 Å². The molecule has 0 aliphatic heterocycles. The van der Waals surface area contributed by atoms with Crippen molar-refractivity contribution >= 4 is 15.9 Å². The SMILES string of the molecule is CC(O)CCNCc1cccc(Br)n1. The molecule has 0 amide bonds. The highest BCUT2D eigenvalue weighted by molar-refractivity contribution is 9.10. The summed E-state index contributed by atoms with van der Waals surface area (Å²) in [5, 5.41) is 12.2. The van der Waals surface area contributed by atoms with Gasteiger partial charge in [0.1, 0.15) is 4.60 Å². The Morgan fingerprint density at radius 1 is 1.57 bits per heavy atom. The lowest BCUT2D eigenvalue weighted by Crippen LogP contribution is -2.19. The number of nitrogens with one attached hydrogen (secondary N) is 1. The van der Waals surface area contributed by atoms with Gasteiger partial charge in [-0.05, 0) is 48.0 Å². The van der Waals surface area contributed by atoms with Gasteiger partial charge >= 0.3 is 0 Å². The summed E-state index contributed by atoms with van der Waals surface area (Å²) in [5.41, 5.74) is 1.00. The van der Waals surface area contributed by atoms with Gasteiger partial charge in [-0.25, -0.2) is 4.98 Å². The molecule has 0 aromatic carbocycles. The van der Waals surface area contributed by atoms with Crippen LogP contribution in [0.4, 0.5) is 0 Å². The Hall–Kier alpha value is -0.450. The summed E-state index contributed by atoms with van der Waals surface area (Å²) in [6.07, 6.45) is 0.534. The number of halogens is 1. The van der Waals surface area contributed by atoms with Crippen molar-refractivity contribution in [2.45, 2.75) is 26.0 Å². The van der Waals surface area contributed by atoms with E-state index in [9.17, 15) is 0 Å². The number of aliphatic hydroxyl groups is 1. The number of aliphatic hydroxyl groups excluding tert-OH is 1. The topological polar surface area (TPSA) is 45.1 Å². The zero-order valence-corrected chi connectivity index (χ0v) is 9.79. The zero-order valence-electron chi connectivity index (χ0n) is 8.20. The second kappa shape index (κ2) is 6.11. The molecule has 1 atom stereocenters. The van der Waals surface area contributed by atoms with Crippen molar-refractivity contribution in [1.82, 2.24) is 10.3 Å². The van der Waals surface area contributed by atoms with Crippen LogP contribution in [0, 0.1) is 0 Å². The summed E-state index contributed by atoms with van der Waals surface area (Å²) in [6.45, 7) is 3.34. The first kappa shape index (κ1) is 11.6. The van der Waals surface area contributed by atoms with Gasteiger partial charge in [-0.3, -0.25) is 0 Å². The molecule has 1 unspecified atom stereocenters. The minimum absolute atomic E-state index is 0.238. The first-order valence-electron chi connectivity index (χ1n) is 4.68. The van der Waals surface area contributed by atoms with Crippen LogP contribution in [-0.4, -0.2) is 22.7 Å². The maximum absolute atomic E-state index is 9.03. The summed E-state index contributed by atoms with van der Waals surface area (Å²) in [7, 11) is 0. The Balaban J connectivity index is 2.25. The number of aromatic nitrogens is 1. The molecule has 2 N–H and O–H groups in total. The van der Waals surface area contributed by atoms with Gasteiger partial charge in [0.25, 0.3) is 0 Å². The maximum atomic E-state index is 9.03. The molecule has 14 heavy (non-hydrogen) atoms. The van der Waals surface area contributed by atoms with E-state index in [1.165, 1.54) is 0 Å². The van der Waals surface area contributed by atoms with E-state index in [1.807, 2.05) is 18.2 Å². The molecule has 0 saturated heterocycles. The first-order valence-corrected chi connectivity index (χ1v) is 5.48. The van der Waals surface area contributed by atoms with E-state index in [0.29, 0.717) is 0 Å². The van der Waals surface area contributed by atoms with E-state index in [2.05, 4.69) is 26.2 Å². The van der Waals surface area contributed by atoms with Crippen LogP contribution < -0.4 is 5.32 Å². The van der Waals surface area contributed by atoms with Crippen LogP contribution in [0.15, 0.2) is 22.8 Å². The Bertz CT molecular complexity index is 279. The Labute approximate surface area is 92.7 Å². The fourth-order valence-corrected chi connectivity index (χ4v) is 1.46. The fourth-order valence-electron chi connectivity index (χ4n) is 1.08. The molecule has 4 heteroatoms. The van der Waals surface area contributed by atoms with Crippen LogP contribution in [0.25, 0.3) is 0 Å². The van der Waals surface area contributed by atoms with Crippen molar-refractivity contribution in [1.29, 1.82) is 0 Å².